The van der Waals surface area contributed by atoms with E-state index in [4.69, 9.17) is 5.11 Å². The Balaban J connectivity index is 1.66. The topological polar surface area (TPSA) is 98.0 Å². The average Bonchev–Trinajstić information content (AvgIpc) is 3.01. The lowest BCUT2D eigenvalue weighted by Gasteiger charge is -2.59. The van der Waals surface area contributed by atoms with Crippen LogP contribution in [0.3, 0.4) is 0 Å². The van der Waals surface area contributed by atoms with Crippen LogP contribution in [-0.2, 0) is 4.79 Å². The number of carboxylic acid groups (broad SMARTS) is 1. The second kappa shape index (κ2) is 7.35. The second-order valence-electron chi connectivity index (χ2n) is 11.0. The van der Waals surface area contributed by atoms with E-state index in [0.717, 1.165) is 38.5 Å². The Labute approximate surface area is 174 Å². The van der Waals surface area contributed by atoms with Gasteiger partial charge in [0.15, 0.2) is 0 Å². The van der Waals surface area contributed by atoms with Gasteiger partial charge in [-0.15, -0.1) is 0 Å². The molecule has 4 N–H and O–H groups in total. The lowest BCUT2D eigenvalue weighted by atomic mass is 9.47. The molecular formula is C24H38O5. The maximum absolute atomic E-state index is 11.4. The summed E-state index contributed by atoms with van der Waals surface area (Å²) in [6, 6.07) is 0. The van der Waals surface area contributed by atoms with E-state index < -0.39 is 18.2 Å². The molecule has 0 aromatic carbocycles. The summed E-state index contributed by atoms with van der Waals surface area (Å²) >= 11 is 0. The van der Waals surface area contributed by atoms with E-state index in [-0.39, 0.29) is 52.9 Å². The number of hydrogen-bond donors (Lipinski definition) is 4. The zero-order valence-electron chi connectivity index (χ0n) is 18.1. The number of fused-ring (bicyclic) bond motifs is 5. The van der Waals surface area contributed by atoms with Gasteiger partial charge in [0.25, 0.3) is 0 Å². The standard InChI is InChI=1S/C24H38O5/c1-13(4-7-21(28)29)16-5-6-17-22-18(12-20(27)24(16,17)3)23(2)9-8-15(25)10-14(23)11-19(22)26/h12-17,19-20,22,25-27H,4-11H2,1-3H3,(H,28,29)/t13-,14+,15-,16-,17+,19-,20+,22+,23+,24-/m1/s1. The highest BCUT2D eigenvalue weighted by Crippen LogP contribution is 2.66. The first-order valence-electron chi connectivity index (χ1n) is 11.6. The summed E-state index contributed by atoms with van der Waals surface area (Å²) < 4.78 is 0. The number of carboxylic acids is 1. The van der Waals surface area contributed by atoms with E-state index in [9.17, 15) is 20.1 Å². The molecule has 4 aliphatic rings. The van der Waals surface area contributed by atoms with Crippen molar-refractivity contribution in [2.24, 2.45) is 40.4 Å². The van der Waals surface area contributed by atoms with Crippen LogP contribution in [0.15, 0.2) is 11.6 Å². The van der Waals surface area contributed by atoms with Crippen LogP contribution in [-0.4, -0.2) is 44.7 Å². The molecule has 164 valence electrons. The molecule has 0 aromatic rings. The molecule has 3 fully saturated rings. The van der Waals surface area contributed by atoms with Crippen molar-refractivity contribution in [2.45, 2.75) is 90.4 Å². The maximum Gasteiger partial charge on any atom is 0.303 e. The molecule has 0 bridgehead atoms. The van der Waals surface area contributed by atoms with Crippen LogP contribution in [0.4, 0.5) is 0 Å². The predicted octanol–water partition coefficient (Wildman–Crippen LogP) is 3.37. The zero-order chi connectivity index (χ0) is 21.1. The third kappa shape index (κ3) is 3.19. The normalized spacial score (nSPS) is 50.1. The molecular weight excluding hydrogens is 368 g/mol. The minimum absolute atomic E-state index is 0.0432. The van der Waals surface area contributed by atoms with Crippen LogP contribution in [0.25, 0.3) is 0 Å². The molecule has 5 heteroatoms. The van der Waals surface area contributed by atoms with Crippen molar-refractivity contribution in [3.8, 4) is 0 Å². The van der Waals surface area contributed by atoms with Gasteiger partial charge in [-0.3, -0.25) is 4.79 Å². The molecule has 3 saturated carbocycles. The Morgan fingerprint density at radius 2 is 1.90 bits per heavy atom. The SMILES string of the molecule is C[C@H](CCC(=O)O)[C@H]1CC[C@H]2[C@H]3C(=C[C@H](O)[C@]12C)[C@@]1(C)CC[C@@H](O)C[C@H]1C[C@H]3O. The fraction of sp³-hybridized carbons (Fsp3) is 0.875. The molecule has 0 amide bonds. The molecule has 4 aliphatic carbocycles. The van der Waals surface area contributed by atoms with E-state index in [1.165, 1.54) is 5.57 Å². The van der Waals surface area contributed by atoms with E-state index in [1.807, 2.05) is 0 Å². The van der Waals surface area contributed by atoms with Crippen LogP contribution in [0.1, 0.15) is 72.1 Å². The van der Waals surface area contributed by atoms with E-state index in [2.05, 4.69) is 26.8 Å². The largest absolute Gasteiger partial charge is 0.481 e. The van der Waals surface area contributed by atoms with Gasteiger partial charge < -0.3 is 20.4 Å². The molecule has 4 rings (SSSR count). The number of carbonyl (C=O) groups is 1. The van der Waals surface area contributed by atoms with Gasteiger partial charge in [0.1, 0.15) is 0 Å². The summed E-state index contributed by atoms with van der Waals surface area (Å²) in [6.45, 7) is 6.59. The zero-order valence-corrected chi connectivity index (χ0v) is 18.1. The molecule has 5 nitrogen and oxygen atoms in total. The predicted molar refractivity (Wildman–Crippen MR) is 110 cm³/mol. The fourth-order valence-electron chi connectivity index (χ4n) is 7.99. The van der Waals surface area contributed by atoms with Gasteiger partial charge in [-0.25, -0.2) is 0 Å². The van der Waals surface area contributed by atoms with Crippen LogP contribution in [0, 0.1) is 40.4 Å². The van der Waals surface area contributed by atoms with Crippen molar-refractivity contribution in [3.63, 3.8) is 0 Å². The van der Waals surface area contributed by atoms with E-state index in [0.29, 0.717) is 6.42 Å². The molecule has 0 unspecified atom stereocenters. The highest BCUT2D eigenvalue weighted by atomic mass is 16.4. The van der Waals surface area contributed by atoms with Gasteiger partial charge in [-0.05, 0) is 74.0 Å². The molecule has 0 radical (unpaired) electrons. The third-order valence-corrected chi connectivity index (χ3v) is 9.71. The molecule has 10 atom stereocenters. The molecule has 0 aromatic heterocycles. The molecule has 0 saturated heterocycles. The lowest BCUT2D eigenvalue weighted by Crippen LogP contribution is -2.57. The van der Waals surface area contributed by atoms with Crippen LogP contribution >= 0.6 is 0 Å². The van der Waals surface area contributed by atoms with Crippen molar-refractivity contribution in [3.05, 3.63) is 11.6 Å². The highest BCUT2D eigenvalue weighted by Gasteiger charge is 2.62. The van der Waals surface area contributed by atoms with Crippen molar-refractivity contribution >= 4 is 5.97 Å². The average molecular weight is 407 g/mol. The summed E-state index contributed by atoms with van der Waals surface area (Å²) in [6.07, 6.45) is 6.77. The van der Waals surface area contributed by atoms with Gasteiger partial charge >= 0.3 is 5.97 Å². The van der Waals surface area contributed by atoms with Crippen LogP contribution in [0.2, 0.25) is 0 Å². The summed E-state index contributed by atoms with van der Waals surface area (Å²) in [5, 5.41) is 41.9. The molecule has 29 heavy (non-hydrogen) atoms. The van der Waals surface area contributed by atoms with Crippen molar-refractivity contribution in [2.75, 3.05) is 0 Å². The Kier molecular flexibility index (Phi) is 5.40. The number of hydrogen-bond acceptors (Lipinski definition) is 4. The van der Waals surface area contributed by atoms with E-state index >= 15 is 0 Å². The monoisotopic (exact) mass is 406 g/mol. The minimum Gasteiger partial charge on any atom is -0.481 e. The van der Waals surface area contributed by atoms with Crippen molar-refractivity contribution in [1.82, 2.24) is 0 Å². The molecule has 0 spiro atoms. The van der Waals surface area contributed by atoms with E-state index in [1.54, 1.807) is 0 Å². The van der Waals surface area contributed by atoms with Gasteiger partial charge in [0, 0.05) is 17.8 Å². The fourth-order valence-corrected chi connectivity index (χ4v) is 7.99. The smallest absolute Gasteiger partial charge is 0.303 e. The summed E-state index contributed by atoms with van der Waals surface area (Å²) in [7, 11) is 0. The first-order valence-corrected chi connectivity index (χ1v) is 11.6. The Bertz CT molecular complexity index is 689. The van der Waals surface area contributed by atoms with Crippen molar-refractivity contribution < 1.29 is 25.2 Å². The Hall–Kier alpha value is -0.910. The summed E-state index contributed by atoms with van der Waals surface area (Å²) in [5.74, 6) is 0.326. The number of rotatable bonds is 4. The first kappa shape index (κ1) is 21.3. The summed E-state index contributed by atoms with van der Waals surface area (Å²) in [5.41, 5.74) is 0.880. The highest BCUT2D eigenvalue weighted by molar-refractivity contribution is 5.66. The van der Waals surface area contributed by atoms with Gasteiger partial charge in [0.05, 0.1) is 18.3 Å². The first-order chi connectivity index (χ1) is 13.6. The van der Waals surface area contributed by atoms with Crippen LogP contribution < -0.4 is 0 Å². The van der Waals surface area contributed by atoms with Gasteiger partial charge in [0.2, 0.25) is 0 Å². The van der Waals surface area contributed by atoms with Crippen LogP contribution in [0.5, 0.6) is 0 Å². The van der Waals surface area contributed by atoms with Gasteiger partial charge in [-0.2, -0.15) is 0 Å². The third-order valence-electron chi connectivity index (χ3n) is 9.71. The minimum atomic E-state index is -0.760. The van der Waals surface area contributed by atoms with Crippen molar-refractivity contribution in [1.29, 1.82) is 0 Å². The quantitative estimate of drug-likeness (QED) is 0.537. The Morgan fingerprint density at radius 3 is 2.59 bits per heavy atom. The second-order valence-corrected chi connectivity index (χ2v) is 11.0. The molecule has 0 aliphatic heterocycles. The van der Waals surface area contributed by atoms with Gasteiger partial charge in [-0.1, -0.05) is 32.4 Å². The lowest BCUT2D eigenvalue weighted by molar-refractivity contribution is -0.137. The number of aliphatic hydroxyl groups excluding tert-OH is 3. The Morgan fingerprint density at radius 1 is 1.17 bits per heavy atom. The molecule has 0 heterocycles. The summed E-state index contributed by atoms with van der Waals surface area (Å²) in [4.78, 5) is 11.1. The number of aliphatic carboxylic acids is 1. The maximum atomic E-state index is 11.4. The number of aliphatic hydroxyl groups is 3.